The number of amides is 1. The molecule has 2 fully saturated rings. The predicted molar refractivity (Wildman–Crippen MR) is 170 cm³/mol. The number of carboxylic acids is 1. The van der Waals surface area contributed by atoms with Crippen LogP contribution in [0.2, 0.25) is 10.0 Å². The lowest BCUT2D eigenvalue weighted by molar-refractivity contribution is -0.160. The van der Waals surface area contributed by atoms with E-state index in [0.717, 1.165) is 24.0 Å². The van der Waals surface area contributed by atoms with Crippen molar-refractivity contribution in [2.45, 2.75) is 57.5 Å². The third kappa shape index (κ3) is 6.71. The molecule has 0 unspecified atom stereocenters. The van der Waals surface area contributed by atoms with Gasteiger partial charge in [0.05, 0.1) is 41.9 Å². The Balaban J connectivity index is 1.71. The second kappa shape index (κ2) is 12.5. The summed E-state index contributed by atoms with van der Waals surface area (Å²) in [5, 5.41) is 11.0. The van der Waals surface area contributed by atoms with Crippen molar-refractivity contribution in [3.63, 3.8) is 0 Å². The minimum atomic E-state index is -3.71. The Morgan fingerprint density at radius 1 is 1.00 bits per heavy atom. The molecule has 1 N–H and O–H groups in total. The topological polar surface area (TPSA) is 95.0 Å². The number of hydrogen-bond donors (Lipinski definition) is 1. The Bertz CT molecular complexity index is 1580. The van der Waals surface area contributed by atoms with Gasteiger partial charge in [-0.1, -0.05) is 72.6 Å². The van der Waals surface area contributed by atoms with Crippen LogP contribution in [0.1, 0.15) is 62.6 Å². The van der Waals surface area contributed by atoms with Gasteiger partial charge in [-0.05, 0) is 79.6 Å². The number of para-hydroxylation sites is 1. The number of carbonyl (C=O) groups excluding carboxylic acids is 1. The number of likely N-dealkylation sites (tertiary alicyclic amines) is 1. The number of hydrogen-bond acceptors (Lipinski definition) is 4. The molecule has 1 heterocycles. The molecule has 7 nitrogen and oxygen atoms in total. The summed E-state index contributed by atoms with van der Waals surface area (Å²) in [5.74, 6) is -1.70. The first kappa shape index (κ1) is 31.4. The van der Waals surface area contributed by atoms with E-state index < -0.39 is 33.5 Å². The van der Waals surface area contributed by atoms with E-state index in [4.69, 9.17) is 23.2 Å². The molecule has 43 heavy (non-hydrogen) atoms. The average Bonchev–Trinajstić information content (AvgIpc) is 3.81. The van der Waals surface area contributed by atoms with Crippen molar-refractivity contribution < 1.29 is 23.1 Å². The van der Waals surface area contributed by atoms with E-state index in [9.17, 15) is 23.1 Å². The zero-order chi connectivity index (χ0) is 30.9. The van der Waals surface area contributed by atoms with Gasteiger partial charge in [-0.2, -0.15) is 0 Å². The Hall–Kier alpha value is -3.07. The highest BCUT2D eigenvalue weighted by molar-refractivity contribution is 7.92. The number of anilines is 1. The molecule has 228 valence electrons. The number of carbonyl (C=O) groups is 2. The van der Waals surface area contributed by atoms with E-state index in [1.54, 1.807) is 56.3 Å². The molecule has 3 aromatic carbocycles. The molecule has 0 aromatic heterocycles. The maximum absolute atomic E-state index is 14.7. The summed E-state index contributed by atoms with van der Waals surface area (Å²) in [6, 6.07) is 22.8. The fourth-order valence-corrected chi connectivity index (χ4v) is 7.95. The molecule has 0 radical (unpaired) electrons. The van der Waals surface area contributed by atoms with Crippen LogP contribution in [-0.2, 0) is 19.6 Å². The van der Waals surface area contributed by atoms with E-state index in [-0.39, 0.29) is 42.9 Å². The number of benzene rings is 3. The summed E-state index contributed by atoms with van der Waals surface area (Å²) < 4.78 is 28.5. The molecular weight excluding hydrogens is 607 g/mol. The molecule has 1 saturated heterocycles. The van der Waals surface area contributed by atoms with Crippen LogP contribution in [0.5, 0.6) is 0 Å². The Labute approximate surface area is 263 Å². The molecule has 1 aliphatic carbocycles. The van der Waals surface area contributed by atoms with Gasteiger partial charge in [0, 0.05) is 16.0 Å². The van der Waals surface area contributed by atoms with Crippen LogP contribution in [0.4, 0.5) is 5.69 Å². The minimum Gasteiger partial charge on any atom is -0.481 e. The monoisotopic (exact) mass is 642 g/mol. The minimum absolute atomic E-state index is 0.0595. The van der Waals surface area contributed by atoms with Gasteiger partial charge < -0.3 is 10.0 Å². The third-order valence-electron chi connectivity index (χ3n) is 8.75. The van der Waals surface area contributed by atoms with Gasteiger partial charge in [0.1, 0.15) is 0 Å². The number of piperidine rings is 1. The smallest absolute Gasteiger partial charge is 0.304 e. The van der Waals surface area contributed by atoms with Gasteiger partial charge in [0.2, 0.25) is 15.9 Å². The first-order chi connectivity index (χ1) is 20.4. The van der Waals surface area contributed by atoms with Gasteiger partial charge in [-0.25, -0.2) is 8.42 Å². The van der Waals surface area contributed by atoms with Gasteiger partial charge in [-0.15, -0.1) is 0 Å². The lowest BCUT2D eigenvalue weighted by Gasteiger charge is -2.52. The number of sulfonamides is 1. The van der Waals surface area contributed by atoms with Crippen molar-refractivity contribution in [2.24, 2.45) is 11.3 Å². The quantitative estimate of drug-likeness (QED) is 0.239. The van der Waals surface area contributed by atoms with Crippen molar-refractivity contribution >= 4 is 50.8 Å². The molecule has 1 aliphatic heterocycles. The second-order valence-electron chi connectivity index (χ2n) is 11.9. The highest BCUT2D eigenvalue weighted by atomic mass is 35.5. The van der Waals surface area contributed by atoms with Crippen LogP contribution in [0.25, 0.3) is 0 Å². The average molecular weight is 644 g/mol. The van der Waals surface area contributed by atoms with Crippen LogP contribution in [0.15, 0.2) is 78.9 Å². The van der Waals surface area contributed by atoms with Crippen LogP contribution in [0.3, 0.4) is 0 Å². The van der Waals surface area contributed by atoms with E-state index in [0.29, 0.717) is 15.7 Å². The molecule has 3 aromatic rings. The Morgan fingerprint density at radius 3 is 2.26 bits per heavy atom. The summed E-state index contributed by atoms with van der Waals surface area (Å²) in [6.07, 6.45) is 1.62. The summed E-state index contributed by atoms with van der Waals surface area (Å²) in [5.41, 5.74) is 1.03. The van der Waals surface area contributed by atoms with E-state index >= 15 is 0 Å². The first-order valence-corrected chi connectivity index (χ1v) is 16.9. The van der Waals surface area contributed by atoms with E-state index in [1.807, 2.05) is 41.3 Å². The maximum Gasteiger partial charge on any atom is 0.304 e. The molecule has 1 amide bonds. The fraction of sp³-hybridized carbons (Fsp3) is 0.394. The number of aliphatic carboxylic acids is 1. The number of carboxylic acid groups (broad SMARTS) is 1. The fourth-order valence-electron chi connectivity index (χ4n) is 6.49. The van der Waals surface area contributed by atoms with Crippen LogP contribution in [-0.4, -0.2) is 48.6 Å². The molecule has 0 spiro atoms. The van der Waals surface area contributed by atoms with Gasteiger partial charge in [0.25, 0.3) is 0 Å². The number of nitrogens with zero attached hydrogens (tertiary/aromatic N) is 2. The molecule has 0 bridgehead atoms. The zero-order valence-electron chi connectivity index (χ0n) is 24.2. The summed E-state index contributed by atoms with van der Waals surface area (Å²) in [4.78, 5) is 28.7. The lowest BCUT2D eigenvalue weighted by Crippen LogP contribution is -2.59. The van der Waals surface area contributed by atoms with Crippen LogP contribution >= 0.6 is 23.2 Å². The Kier molecular flexibility index (Phi) is 9.12. The standard InChI is InChI=1S/C33H36Cl2N2O5S/c1-3-43(41,42)36(27-10-5-4-6-11-27)21-29(22-12-13-22)37-31(23-14-16-25(34)17-15-23)28(24-8-7-9-26(35)18-24)19-33(2,32(37)40)20-30(38)39/h4-11,14-18,22,28-29,31H,3,12-13,19-21H2,1-2H3,(H,38,39)/t28-,29-,31-,33-/m1/s1. The molecule has 5 rings (SSSR count). The molecule has 4 atom stereocenters. The largest absolute Gasteiger partial charge is 0.481 e. The maximum atomic E-state index is 14.7. The van der Waals surface area contributed by atoms with E-state index in [2.05, 4.69) is 0 Å². The first-order valence-electron chi connectivity index (χ1n) is 14.5. The molecular formula is C33H36Cl2N2O5S. The van der Waals surface area contributed by atoms with Crippen molar-refractivity contribution in [3.8, 4) is 0 Å². The number of rotatable bonds is 11. The Morgan fingerprint density at radius 2 is 1.67 bits per heavy atom. The lowest BCUT2D eigenvalue weighted by atomic mass is 9.67. The van der Waals surface area contributed by atoms with Crippen LogP contribution < -0.4 is 4.31 Å². The highest BCUT2D eigenvalue weighted by Crippen LogP contribution is 2.54. The van der Waals surface area contributed by atoms with Gasteiger partial charge in [0.15, 0.2) is 0 Å². The number of halogens is 2. The zero-order valence-corrected chi connectivity index (χ0v) is 26.5. The summed E-state index contributed by atoms with van der Waals surface area (Å²) in [7, 11) is -3.71. The summed E-state index contributed by atoms with van der Waals surface area (Å²) in [6.45, 7) is 3.39. The van der Waals surface area contributed by atoms with Gasteiger partial charge in [-0.3, -0.25) is 13.9 Å². The normalized spacial score (nSPS) is 23.2. The second-order valence-corrected chi connectivity index (χ2v) is 14.9. The predicted octanol–water partition coefficient (Wildman–Crippen LogP) is 7.17. The molecule has 1 saturated carbocycles. The molecule has 10 heteroatoms. The summed E-state index contributed by atoms with van der Waals surface area (Å²) >= 11 is 12.7. The van der Waals surface area contributed by atoms with Crippen molar-refractivity contribution in [3.05, 3.63) is 100 Å². The van der Waals surface area contributed by atoms with Crippen LogP contribution in [0, 0.1) is 11.3 Å². The third-order valence-corrected chi connectivity index (χ3v) is 11.0. The van der Waals surface area contributed by atoms with Crippen molar-refractivity contribution in [2.75, 3.05) is 16.6 Å². The van der Waals surface area contributed by atoms with Crippen molar-refractivity contribution in [1.82, 2.24) is 4.90 Å². The SMILES string of the molecule is CCS(=O)(=O)N(C[C@H](C1CC1)N1C(=O)[C@@](C)(CC(=O)O)C[C@H](c2cccc(Cl)c2)[C@H]1c1ccc(Cl)cc1)c1ccccc1. The molecule has 2 aliphatic rings. The van der Waals surface area contributed by atoms with Crippen molar-refractivity contribution in [1.29, 1.82) is 0 Å². The van der Waals surface area contributed by atoms with E-state index in [1.165, 1.54) is 4.31 Å². The van der Waals surface area contributed by atoms with Gasteiger partial charge >= 0.3 is 5.97 Å². The highest BCUT2D eigenvalue weighted by Gasteiger charge is 2.55.